The van der Waals surface area contributed by atoms with E-state index in [-0.39, 0.29) is 29.5 Å². The van der Waals surface area contributed by atoms with Crippen LogP contribution in [-0.4, -0.2) is 57.7 Å². The van der Waals surface area contributed by atoms with Gasteiger partial charge in [0.2, 0.25) is 5.91 Å². The predicted molar refractivity (Wildman–Crippen MR) is 62.4 cm³/mol. The summed E-state index contributed by atoms with van der Waals surface area (Å²) in [6, 6.07) is -0.168. The summed E-state index contributed by atoms with van der Waals surface area (Å²) in [6.45, 7) is 1.98. The number of sulfone groups is 1. The quantitative estimate of drug-likeness (QED) is 0.658. The van der Waals surface area contributed by atoms with Crippen LogP contribution in [0.15, 0.2) is 0 Å². The van der Waals surface area contributed by atoms with Crippen molar-refractivity contribution in [2.75, 3.05) is 31.3 Å². The molecule has 2 aliphatic rings. The first-order valence-corrected chi connectivity index (χ1v) is 7.68. The van der Waals surface area contributed by atoms with Crippen LogP contribution in [0.5, 0.6) is 0 Å². The smallest absolute Gasteiger partial charge is 0.221 e. The Balaban J connectivity index is 1.74. The van der Waals surface area contributed by atoms with Crippen molar-refractivity contribution in [3.05, 3.63) is 0 Å². The maximum atomic E-state index is 11.7. The van der Waals surface area contributed by atoms with Crippen LogP contribution in [-0.2, 0) is 19.4 Å². The van der Waals surface area contributed by atoms with Gasteiger partial charge in [0.15, 0.2) is 9.84 Å². The van der Waals surface area contributed by atoms with Gasteiger partial charge in [0.05, 0.1) is 24.7 Å². The summed E-state index contributed by atoms with van der Waals surface area (Å²) in [4.78, 5) is 11.7. The van der Waals surface area contributed by atoms with Crippen LogP contribution in [0.1, 0.15) is 12.8 Å². The molecule has 2 atom stereocenters. The normalized spacial score (nSPS) is 32.2. The Labute approximate surface area is 101 Å². The van der Waals surface area contributed by atoms with Gasteiger partial charge in [0.25, 0.3) is 0 Å². The van der Waals surface area contributed by atoms with Gasteiger partial charge in [-0.05, 0) is 6.42 Å². The van der Waals surface area contributed by atoms with E-state index >= 15 is 0 Å². The average molecular weight is 262 g/mol. The van der Waals surface area contributed by atoms with Gasteiger partial charge in [-0.2, -0.15) is 0 Å². The summed E-state index contributed by atoms with van der Waals surface area (Å²) < 4.78 is 27.7. The third-order valence-electron chi connectivity index (χ3n) is 3.03. The van der Waals surface area contributed by atoms with Crippen molar-refractivity contribution in [2.24, 2.45) is 0 Å². The summed E-state index contributed by atoms with van der Waals surface area (Å²) in [5.74, 6) is 0.158. The summed E-state index contributed by atoms with van der Waals surface area (Å²) in [7, 11) is -2.93. The Morgan fingerprint density at radius 1 is 1.47 bits per heavy atom. The highest BCUT2D eigenvalue weighted by Crippen LogP contribution is 2.11. The van der Waals surface area contributed by atoms with E-state index in [0.717, 1.165) is 6.54 Å². The first-order valence-electron chi connectivity index (χ1n) is 5.86. The zero-order valence-corrected chi connectivity index (χ0v) is 10.5. The number of nitrogens with one attached hydrogen (secondary N) is 2. The van der Waals surface area contributed by atoms with E-state index in [4.69, 9.17) is 4.74 Å². The lowest BCUT2D eigenvalue weighted by atomic mass is 10.1. The van der Waals surface area contributed by atoms with E-state index in [1.807, 2.05) is 0 Å². The molecule has 0 aromatic carbocycles. The van der Waals surface area contributed by atoms with Gasteiger partial charge in [-0.25, -0.2) is 8.42 Å². The summed E-state index contributed by atoms with van der Waals surface area (Å²) >= 11 is 0. The van der Waals surface area contributed by atoms with Gasteiger partial charge in [-0.3, -0.25) is 4.79 Å². The molecule has 0 aromatic rings. The SMILES string of the molecule is O=C(CC1COCCN1)NC1CCS(=O)(=O)C1. The standard InChI is InChI=1S/C10H18N2O4S/c13-10(5-9-6-16-3-2-11-9)12-8-1-4-17(14,15)7-8/h8-9,11H,1-7H2,(H,12,13). The molecule has 0 aliphatic carbocycles. The van der Waals surface area contributed by atoms with Crippen LogP contribution in [0.3, 0.4) is 0 Å². The molecule has 2 heterocycles. The zero-order valence-electron chi connectivity index (χ0n) is 9.65. The molecule has 0 spiro atoms. The van der Waals surface area contributed by atoms with E-state index in [0.29, 0.717) is 26.1 Å². The summed E-state index contributed by atoms with van der Waals surface area (Å²) in [5.41, 5.74) is 0. The highest BCUT2D eigenvalue weighted by Gasteiger charge is 2.29. The highest BCUT2D eigenvalue weighted by atomic mass is 32.2. The van der Waals surface area contributed by atoms with Crippen LogP contribution >= 0.6 is 0 Å². The Hall–Kier alpha value is -0.660. The summed E-state index contributed by atoms with van der Waals surface area (Å²) in [5, 5.41) is 5.96. The Bertz CT molecular complexity index is 376. The second-order valence-corrected chi connectivity index (χ2v) is 6.83. The van der Waals surface area contributed by atoms with Crippen molar-refractivity contribution in [3.63, 3.8) is 0 Å². The molecule has 2 rings (SSSR count). The minimum Gasteiger partial charge on any atom is -0.378 e. The molecule has 98 valence electrons. The molecule has 0 radical (unpaired) electrons. The number of morpholine rings is 1. The molecule has 17 heavy (non-hydrogen) atoms. The van der Waals surface area contributed by atoms with E-state index in [1.165, 1.54) is 0 Å². The first-order chi connectivity index (χ1) is 8.05. The maximum Gasteiger partial charge on any atom is 0.221 e. The van der Waals surface area contributed by atoms with E-state index in [9.17, 15) is 13.2 Å². The Morgan fingerprint density at radius 3 is 2.88 bits per heavy atom. The lowest BCUT2D eigenvalue weighted by Crippen LogP contribution is -2.46. The monoisotopic (exact) mass is 262 g/mol. The van der Waals surface area contributed by atoms with Crippen molar-refractivity contribution >= 4 is 15.7 Å². The molecule has 7 heteroatoms. The molecule has 2 saturated heterocycles. The molecule has 2 unspecified atom stereocenters. The molecule has 2 fully saturated rings. The van der Waals surface area contributed by atoms with Crippen LogP contribution < -0.4 is 10.6 Å². The molecule has 2 N–H and O–H groups in total. The van der Waals surface area contributed by atoms with E-state index in [1.54, 1.807) is 0 Å². The van der Waals surface area contributed by atoms with Crippen LogP contribution in [0.25, 0.3) is 0 Å². The van der Waals surface area contributed by atoms with Crippen molar-refractivity contribution in [1.82, 2.24) is 10.6 Å². The fraction of sp³-hybridized carbons (Fsp3) is 0.900. The number of carbonyl (C=O) groups is 1. The van der Waals surface area contributed by atoms with Crippen LogP contribution in [0, 0.1) is 0 Å². The second kappa shape index (κ2) is 5.32. The molecular weight excluding hydrogens is 244 g/mol. The molecule has 0 bridgehead atoms. The minimum atomic E-state index is -2.93. The zero-order chi connectivity index (χ0) is 12.3. The van der Waals surface area contributed by atoms with E-state index in [2.05, 4.69) is 10.6 Å². The molecule has 1 amide bonds. The number of ether oxygens (including phenoxy) is 1. The third-order valence-corrected chi connectivity index (χ3v) is 4.80. The van der Waals surface area contributed by atoms with Gasteiger partial charge in [0.1, 0.15) is 0 Å². The highest BCUT2D eigenvalue weighted by molar-refractivity contribution is 7.91. The largest absolute Gasteiger partial charge is 0.378 e. The molecular formula is C10H18N2O4S. The van der Waals surface area contributed by atoms with Crippen molar-refractivity contribution in [2.45, 2.75) is 24.9 Å². The number of hydrogen-bond acceptors (Lipinski definition) is 5. The van der Waals surface area contributed by atoms with Gasteiger partial charge in [-0.1, -0.05) is 0 Å². The molecule has 0 aromatic heterocycles. The van der Waals surface area contributed by atoms with Crippen LogP contribution in [0.2, 0.25) is 0 Å². The number of amides is 1. The molecule has 6 nitrogen and oxygen atoms in total. The summed E-state index contributed by atoms with van der Waals surface area (Å²) in [6.07, 6.45) is 0.874. The van der Waals surface area contributed by atoms with Gasteiger partial charge < -0.3 is 15.4 Å². The first kappa shape index (κ1) is 12.8. The predicted octanol–water partition coefficient (Wildman–Crippen LogP) is -1.33. The molecule has 0 saturated carbocycles. The van der Waals surface area contributed by atoms with Crippen molar-refractivity contribution in [1.29, 1.82) is 0 Å². The third kappa shape index (κ3) is 3.93. The van der Waals surface area contributed by atoms with Gasteiger partial charge in [0, 0.05) is 25.0 Å². The van der Waals surface area contributed by atoms with Crippen LogP contribution in [0.4, 0.5) is 0 Å². The number of hydrogen-bond donors (Lipinski definition) is 2. The average Bonchev–Trinajstić information content (AvgIpc) is 2.59. The fourth-order valence-corrected chi connectivity index (χ4v) is 3.84. The Morgan fingerprint density at radius 2 is 2.29 bits per heavy atom. The maximum absolute atomic E-state index is 11.7. The van der Waals surface area contributed by atoms with Crippen molar-refractivity contribution < 1.29 is 17.9 Å². The lowest BCUT2D eigenvalue weighted by molar-refractivity contribution is -0.122. The number of rotatable bonds is 3. The number of carbonyl (C=O) groups excluding carboxylic acids is 1. The second-order valence-electron chi connectivity index (χ2n) is 4.60. The van der Waals surface area contributed by atoms with Crippen molar-refractivity contribution in [3.8, 4) is 0 Å². The topological polar surface area (TPSA) is 84.5 Å². The fourth-order valence-electron chi connectivity index (χ4n) is 2.17. The van der Waals surface area contributed by atoms with E-state index < -0.39 is 9.84 Å². The Kier molecular flexibility index (Phi) is 4.01. The minimum absolute atomic E-state index is 0.0433. The molecule has 2 aliphatic heterocycles. The van der Waals surface area contributed by atoms with Gasteiger partial charge in [-0.15, -0.1) is 0 Å². The van der Waals surface area contributed by atoms with Gasteiger partial charge >= 0.3 is 0 Å². The lowest BCUT2D eigenvalue weighted by Gasteiger charge is -2.23.